The molecule has 1 aliphatic heterocycles. The van der Waals surface area contributed by atoms with Gasteiger partial charge in [0.1, 0.15) is 5.78 Å². The smallest absolute Gasteiger partial charge is 0.269 e. The van der Waals surface area contributed by atoms with E-state index in [1.165, 1.54) is 6.08 Å². The topological polar surface area (TPSA) is 46.5 Å². The van der Waals surface area contributed by atoms with Crippen LogP contribution in [0.4, 0.5) is 0 Å². The summed E-state index contributed by atoms with van der Waals surface area (Å²) in [6.07, 6.45) is 6.90. The second-order valence-electron chi connectivity index (χ2n) is 2.78. The number of rotatable bonds is 0. The Kier molecular flexibility index (Phi) is 1.50. The van der Waals surface area contributed by atoms with Crippen LogP contribution in [0, 0.1) is 5.92 Å². The van der Waals surface area contributed by atoms with Gasteiger partial charge in [-0.05, 0) is 6.08 Å². The van der Waals surface area contributed by atoms with E-state index in [4.69, 9.17) is 0 Å². The molecule has 0 fully saturated rings. The fourth-order valence-electron chi connectivity index (χ4n) is 1.35. The van der Waals surface area contributed by atoms with Crippen LogP contribution in [0.15, 0.2) is 29.3 Å². The Morgan fingerprint density at radius 1 is 1.33 bits per heavy atom. The quantitative estimate of drug-likeness (QED) is 0.524. The maximum atomic E-state index is 11.2. The normalized spacial score (nSPS) is 27.0. The number of carbonyl (C=O) groups excluding carboxylic acids is 2. The molecule has 3 nitrogen and oxygen atoms in total. The van der Waals surface area contributed by atoms with E-state index in [0.29, 0.717) is 12.1 Å². The van der Waals surface area contributed by atoms with Crippen molar-refractivity contribution in [1.82, 2.24) is 0 Å². The Morgan fingerprint density at radius 2 is 2.17 bits per heavy atom. The number of fused-ring (bicyclic) bond motifs is 1. The van der Waals surface area contributed by atoms with Crippen LogP contribution < -0.4 is 0 Å². The molecular weight excluding hydrogens is 154 g/mol. The number of ketones is 1. The number of Topliss-reactive ketones (excluding diaryl/α,β-unsaturated/α-hetero) is 1. The molecule has 0 bridgehead atoms. The fraction of sp³-hybridized carbons (Fsp3) is 0.222. The zero-order valence-corrected chi connectivity index (χ0v) is 6.36. The van der Waals surface area contributed by atoms with Crippen LogP contribution in [0.2, 0.25) is 0 Å². The SMILES string of the molecule is O=C1C=CC2C(=O)CC=CC2=N1. The van der Waals surface area contributed by atoms with Crippen molar-refractivity contribution in [3.63, 3.8) is 0 Å². The van der Waals surface area contributed by atoms with Gasteiger partial charge >= 0.3 is 0 Å². The maximum absolute atomic E-state index is 11.2. The number of carbonyl (C=O) groups is 2. The Hall–Kier alpha value is -1.51. The molecule has 1 heterocycles. The van der Waals surface area contributed by atoms with Crippen molar-refractivity contribution in [2.45, 2.75) is 6.42 Å². The summed E-state index contributed by atoms with van der Waals surface area (Å²) in [7, 11) is 0. The molecule has 2 rings (SSSR count). The highest BCUT2D eigenvalue weighted by molar-refractivity contribution is 6.20. The van der Waals surface area contributed by atoms with Crippen LogP contribution in [0.1, 0.15) is 6.42 Å². The van der Waals surface area contributed by atoms with E-state index in [1.807, 2.05) is 0 Å². The summed E-state index contributed by atoms with van der Waals surface area (Å²) < 4.78 is 0. The second kappa shape index (κ2) is 2.52. The van der Waals surface area contributed by atoms with Gasteiger partial charge < -0.3 is 0 Å². The third kappa shape index (κ3) is 1.03. The summed E-state index contributed by atoms with van der Waals surface area (Å²) in [6.45, 7) is 0. The average molecular weight is 161 g/mol. The van der Waals surface area contributed by atoms with Crippen LogP contribution in [0.3, 0.4) is 0 Å². The fourth-order valence-corrected chi connectivity index (χ4v) is 1.35. The van der Waals surface area contributed by atoms with Gasteiger partial charge in [-0.15, -0.1) is 0 Å². The molecule has 0 saturated carbocycles. The van der Waals surface area contributed by atoms with Crippen molar-refractivity contribution < 1.29 is 9.59 Å². The lowest BCUT2D eigenvalue weighted by Gasteiger charge is -2.16. The van der Waals surface area contributed by atoms with Gasteiger partial charge in [-0.25, -0.2) is 4.99 Å². The summed E-state index contributed by atoms with van der Waals surface area (Å²) in [5.74, 6) is -0.437. The van der Waals surface area contributed by atoms with Crippen molar-refractivity contribution in [1.29, 1.82) is 0 Å². The number of allylic oxidation sites excluding steroid dienone is 3. The van der Waals surface area contributed by atoms with Gasteiger partial charge in [0.2, 0.25) is 0 Å². The standard InChI is InChI=1S/C9H7NO2/c11-8-3-1-2-7-6(8)4-5-9(12)10-7/h1-2,4-6H,3H2. The highest BCUT2D eigenvalue weighted by atomic mass is 16.1. The predicted octanol–water partition coefficient (Wildman–Crippen LogP) is 0.669. The van der Waals surface area contributed by atoms with Gasteiger partial charge in [0.25, 0.3) is 5.91 Å². The van der Waals surface area contributed by atoms with E-state index in [0.717, 1.165) is 0 Å². The lowest BCUT2D eigenvalue weighted by molar-refractivity contribution is -0.119. The van der Waals surface area contributed by atoms with E-state index < -0.39 is 0 Å². The van der Waals surface area contributed by atoms with E-state index in [9.17, 15) is 9.59 Å². The van der Waals surface area contributed by atoms with Crippen molar-refractivity contribution in [2.75, 3.05) is 0 Å². The minimum atomic E-state index is -0.277. The van der Waals surface area contributed by atoms with E-state index in [1.54, 1.807) is 18.2 Å². The number of hydrogen-bond donors (Lipinski definition) is 0. The summed E-state index contributed by atoms with van der Waals surface area (Å²) in [4.78, 5) is 25.8. The third-order valence-electron chi connectivity index (χ3n) is 1.94. The Balaban J connectivity index is 2.42. The van der Waals surface area contributed by atoms with Gasteiger partial charge in [-0.2, -0.15) is 0 Å². The first kappa shape index (κ1) is 7.16. The molecule has 0 aromatic heterocycles. The van der Waals surface area contributed by atoms with Crippen LogP contribution in [0.25, 0.3) is 0 Å². The Labute approximate surface area is 69.5 Å². The lowest BCUT2D eigenvalue weighted by Crippen LogP contribution is -2.26. The first-order valence-corrected chi connectivity index (χ1v) is 3.77. The largest absolute Gasteiger partial charge is 0.298 e. The summed E-state index contributed by atoms with van der Waals surface area (Å²) in [6, 6.07) is 0. The van der Waals surface area contributed by atoms with Crippen molar-refractivity contribution in [2.24, 2.45) is 10.9 Å². The monoisotopic (exact) mass is 161 g/mol. The molecule has 12 heavy (non-hydrogen) atoms. The van der Waals surface area contributed by atoms with Crippen molar-refractivity contribution >= 4 is 17.4 Å². The molecule has 0 saturated heterocycles. The van der Waals surface area contributed by atoms with Gasteiger partial charge in [-0.3, -0.25) is 9.59 Å². The number of amides is 1. The van der Waals surface area contributed by atoms with Gasteiger partial charge in [-0.1, -0.05) is 12.2 Å². The summed E-state index contributed by atoms with van der Waals surface area (Å²) >= 11 is 0. The molecule has 3 heteroatoms. The zero-order valence-electron chi connectivity index (χ0n) is 6.36. The zero-order chi connectivity index (χ0) is 8.55. The van der Waals surface area contributed by atoms with Crippen LogP contribution >= 0.6 is 0 Å². The molecule has 1 unspecified atom stereocenters. The highest BCUT2D eigenvalue weighted by Gasteiger charge is 2.25. The van der Waals surface area contributed by atoms with E-state index in [2.05, 4.69) is 4.99 Å². The van der Waals surface area contributed by atoms with Crippen LogP contribution in [-0.2, 0) is 9.59 Å². The first-order chi connectivity index (χ1) is 5.77. The minimum absolute atomic E-state index is 0.111. The molecule has 0 N–H and O–H groups in total. The molecule has 1 atom stereocenters. The number of nitrogens with zero attached hydrogens (tertiary/aromatic N) is 1. The molecule has 1 aliphatic carbocycles. The molecule has 0 aromatic rings. The number of hydrogen-bond acceptors (Lipinski definition) is 2. The molecule has 0 aromatic carbocycles. The molecule has 2 aliphatic rings. The van der Waals surface area contributed by atoms with Crippen LogP contribution in [-0.4, -0.2) is 17.4 Å². The Bertz CT molecular complexity index is 336. The van der Waals surface area contributed by atoms with Crippen LogP contribution in [0.5, 0.6) is 0 Å². The van der Waals surface area contributed by atoms with E-state index in [-0.39, 0.29) is 17.6 Å². The van der Waals surface area contributed by atoms with E-state index >= 15 is 0 Å². The number of dihydropyridines is 1. The molecule has 60 valence electrons. The molecule has 0 radical (unpaired) electrons. The third-order valence-corrected chi connectivity index (χ3v) is 1.94. The lowest BCUT2D eigenvalue weighted by atomic mass is 9.89. The maximum Gasteiger partial charge on any atom is 0.269 e. The van der Waals surface area contributed by atoms with Gasteiger partial charge in [0.05, 0.1) is 11.6 Å². The van der Waals surface area contributed by atoms with Gasteiger partial charge in [0, 0.05) is 12.5 Å². The van der Waals surface area contributed by atoms with Crippen molar-refractivity contribution in [3.8, 4) is 0 Å². The first-order valence-electron chi connectivity index (χ1n) is 3.77. The highest BCUT2D eigenvalue weighted by Crippen LogP contribution is 2.17. The molecule has 1 amide bonds. The second-order valence-corrected chi connectivity index (χ2v) is 2.78. The Morgan fingerprint density at radius 3 is 3.00 bits per heavy atom. The number of aliphatic imine (C=N–C) groups is 1. The summed E-state index contributed by atoms with van der Waals surface area (Å²) in [5, 5.41) is 0. The molecular formula is C9H7NO2. The van der Waals surface area contributed by atoms with Gasteiger partial charge in [0.15, 0.2) is 0 Å². The van der Waals surface area contributed by atoms with Crippen molar-refractivity contribution in [3.05, 3.63) is 24.3 Å². The average Bonchev–Trinajstić information content (AvgIpc) is 2.04. The minimum Gasteiger partial charge on any atom is -0.298 e. The molecule has 0 spiro atoms. The summed E-state index contributed by atoms with van der Waals surface area (Å²) in [5.41, 5.74) is 0.582. The predicted molar refractivity (Wildman–Crippen MR) is 43.8 cm³/mol.